The molecule has 4 aromatic rings. The van der Waals surface area contributed by atoms with Crippen LogP contribution in [0, 0.1) is 49.4 Å². The molecule has 4 unspecified atom stereocenters. The Balaban J connectivity index is 0.000000285. The maximum atomic E-state index is 12.2. The number of esters is 2. The number of amides is 2. The molecule has 8 aliphatic heterocycles. The van der Waals surface area contributed by atoms with Crippen LogP contribution in [0.25, 0.3) is 0 Å². The molecule has 8 fully saturated rings. The van der Waals surface area contributed by atoms with Crippen molar-refractivity contribution in [2.45, 2.75) is 473 Å². The normalized spacial score (nSPS) is 23.4. The number of ketones is 1. The Kier molecular flexibility index (Phi) is 48.1. The molecule has 8 aliphatic rings. The lowest BCUT2D eigenvalue weighted by Gasteiger charge is -2.47. The number of nitrogens with zero attached hydrogens (tertiary/aromatic N) is 1. The van der Waals surface area contributed by atoms with Crippen molar-refractivity contribution in [3.8, 4) is 0 Å². The highest BCUT2D eigenvalue weighted by molar-refractivity contribution is 6.09. The fraction of sp³-hybridized carbons (Fsp3) is 0.750. The zero-order chi connectivity index (χ0) is 107. The first-order valence-electron chi connectivity index (χ1n) is 52.8. The predicted octanol–water partition coefficient (Wildman–Crippen LogP) is 19.8. The summed E-state index contributed by atoms with van der Waals surface area (Å²) in [6.45, 7) is 83.1. The maximum absolute atomic E-state index is 12.2. The summed E-state index contributed by atoms with van der Waals surface area (Å²) in [5.74, 6) is 2.34. The van der Waals surface area contributed by atoms with Gasteiger partial charge in [0.2, 0.25) is 11.8 Å². The van der Waals surface area contributed by atoms with Crippen molar-refractivity contribution in [2.75, 3.05) is 57.9 Å². The standard InChI is InChI=1S/C19H31NO2.C18H29NO2.C16H17NO2.C15H26N2O2.C13H28N2O.C12H26N2O.C12H23NO2.C11H21NO2/c1-15-6-8-16(9-7-15)14-22-21-11-10-17-12-18(2,3)20-19(4,5)13-17;1-14-6-8-15(9-7-14)12-20-21-13-16-10-17(2,3)19-18(4,5)11-16;1-12(18)11-17-15-9-7-14(8-10-15)16(19)13-5-3-2-4-6-13;1-10-6-12(18)17(13(10)19)9-11-7-14(2,3)16-15(4,5)8-11;1-10(16)8-14-9-11-6-12(2,3)15-13(4,5)7-11;1-9(15)8-13-10-6-11(2,3)14-12(4,5)7-10;1-9(14)15-8-10-6-11(2,3)13-12(4,5)7-10;1-8(13)14-9-6-10(2,3)12-11(4,5)7-9/h6-9,17,20H,10-14H2,1-5H3;6-9,16,19H,10-13H2,1-5H3;2-10,12,17-18H,11H2,1H3;10-11,16H,6-9H2,1-5H3;10-11,14-16H,6-9H2,1-5H3;9-10,13-15H,6-8H2,1-5H3;10,13H,6-8H2,1-5H3;9,12H,6-7H2,1-5H3. The summed E-state index contributed by atoms with van der Waals surface area (Å²) in [4.78, 5) is 80.8. The van der Waals surface area contributed by atoms with Gasteiger partial charge in [0.25, 0.3) is 0 Å². The number of hydrogen-bond acceptors (Lipinski definition) is 24. The van der Waals surface area contributed by atoms with Gasteiger partial charge < -0.3 is 78.0 Å². The van der Waals surface area contributed by atoms with Crippen molar-refractivity contribution in [1.82, 2.24) is 52.8 Å². The first-order valence-corrected chi connectivity index (χ1v) is 52.8. The summed E-state index contributed by atoms with van der Waals surface area (Å²) in [6, 6.07) is 33.7. The van der Waals surface area contributed by atoms with Gasteiger partial charge in [0.05, 0.1) is 38.1 Å². The summed E-state index contributed by atoms with van der Waals surface area (Å²) in [7, 11) is 0. The number of benzene rings is 4. The fourth-order valence-corrected chi connectivity index (χ4v) is 24.5. The Bertz CT molecular complexity index is 4270. The van der Waals surface area contributed by atoms with E-state index in [1.165, 1.54) is 55.6 Å². The van der Waals surface area contributed by atoms with Crippen LogP contribution < -0.4 is 53.2 Å². The lowest BCUT2D eigenvalue weighted by molar-refractivity contribution is -0.312. The van der Waals surface area contributed by atoms with Gasteiger partial charge >= 0.3 is 11.9 Å². The second-order valence-corrected chi connectivity index (χ2v) is 52.3. The number of aryl methyl sites for hydroxylation is 2. The van der Waals surface area contributed by atoms with Gasteiger partial charge in [0, 0.05) is 166 Å². The van der Waals surface area contributed by atoms with E-state index >= 15 is 0 Å². The number of aliphatic hydroxyl groups is 3. The lowest BCUT2D eigenvalue weighted by Crippen LogP contribution is -2.62. The molecule has 2 amide bonds. The molecule has 0 saturated carbocycles. The van der Waals surface area contributed by atoms with Crippen LogP contribution in [0.15, 0.2) is 103 Å². The molecule has 12 rings (SSSR count). The van der Waals surface area contributed by atoms with E-state index in [2.05, 4.69) is 309 Å². The zero-order valence-corrected chi connectivity index (χ0v) is 94.8. The minimum absolute atomic E-state index is 0.00615. The molecule has 141 heavy (non-hydrogen) atoms. The molecular weight excluding hydrogens is 1770 g/mol. The molecule has 0 spiro atoms. The molecule has 0 bridgehead atoms. The van der Waals surface area contributed by atoms with E-state index in [9.17, 15) is 39.3 Å². The Morgan fingerprint density at radius 1 is 0.397 bits per heavy atom. The van der Waals surface area contributed by atoms with Gasteiger partial charge in [-0.15, -0.1) is 0 Å². The number of ether oxygens (including phenoxy) is 2. The molecule has 0 aromatic heterocycles. The Hall–Kier alpha value is -6.21. The van der Waals surface area contributed by atoms with Gasteiger partial charge in [-0.25, -0.2) is 19.6 Å². The monoisotopic (exact) mass is 1970 g/mol. The number of hydrogen-bond donors (Lipinski definition) is 13. The van der Waals surface area contributed by atoms with Gasteiger partial charge in [-0.1, -0.05) is 96.9 Å². The fourth-order valence-electron chi connectivity index (χ4n) is 24.5. The topological polar surface area (TPSA) is 325 Å². The molecule has 0 aliphatic carbocycles. The van der Waals surface area contributed by atoms with Crippen molar-refractivity contribution in [2.24, 2.45) is 35.5 Å². The van der Waals surface area contributed by atoms with Crippen LogP contribution in [0.1, 0.15) is 376 Å². The SMILES string of the molecule is CC(=O)OC1CC(C)(C)NC(C)(C)C1.CC(=O)OCC1CC(C)(C)NC(C)(C)C1.CC(O)CNC1CC(C)(C)NC(C)(C)C1.CC(O)CNCC1CC(C)(C)NC(C)(C)C1.CC(O)CNc1ccc(C(=O)c2ccccc2)cc1.CC1CC(=O)N(CC2CC(C)(C)NC(C)(C)C2)C1=O.Cc1ccc(COOCC2CC(C)(C)NC(C)(C)C2)cc1.Cc1ccc(COOCCC2CC(C)(C)NC(C)(C)C2)cc1. The first kappa shape index (κ1) is 125. The minimum Gasteiger partial charge on any atom is -0.466 e. The maximum Gasteiger partial charge on any atom is 0.302 e. The van der Waals surface area contributed by atoms with E-state index in [1.807, 2.05) is 63.2 Å². The van der Waals surface area contributed by atoms with Crippen LogP contribution in [-0.2, 0) is 61.4 Å². The Labute approximate surface area is 854 Å². The summed E-state index contributed by atoms with van der Waals surface area (Å²) in [5, 5.41) is 63.1. The molecule has 4 aromatic carbocycles. The van der Waals surface area contributed by atoms with Crippen molar-refractivity contribution < 1.29 is 68.3 Å². The average molecular weight is 1970 g/mol. The quantitative estimate of drug-likeness (QED) is 0.00627. The second kappa shape index (κ2) is 54.1. The van der Waals surface area contributed by atoms with Crippen LogP contribution in [0.3, 0.4) is 0 Å². The van der Waals surface area contributed by atoms with E-state index in [4.69, 9.17) is 29.0 Å². The highest BCUT2D eigenvalue weighted by Gasteiger charge is 2.46. The number of likely N-dealkylation sites (tertiary alicyclic amines) is 1. The van der Waals surface area contributed by atoms with E-state index < -0.39 is 6.10 Å². The highest BCUT2D eigenvalue weighted by atomic mass is 17.2. The number of anilines is 1. The van der Waals surface area contributed by atoms with Crippen LogP contribution in [0.2, 0.25) is 0 Å². The molecule has 25 heteroatoms. The number of carbonyl (C=O) groups excluding carboxylic acids is 5. The molecule has 804 valence electrons. The van der Waals surface area contributed by atoms with Crippen molar-refractivity contribution in [3.63, 3.8) is 0 Å². The summed E-state index contributed by atoms with van der Waals surface area (Å²) in [6.07, 6.45) is 15.7. The van der Waals surface area contributed by atoms with Gasteiger partial charge in [0.1, 0.15) is 19.3 Å². The molecule has 13 N–H and O–H groups in total. The number of rotatable bonds is 28. The molecular formula is C116H201N11O14. The Morgan fingerprint density at radius 2 is 0.745 bits per heavy atom. The Morgan fingerprint density at radius 3 is 1.11 bits per heavy atom. The molecule has 25 nitrogen and oxygen atoms in total. The zero-order valence-electron chi connectivity index (χ0n) is 94.8. The minimum atomic E-state index is -0.398. The highest BCUT2D eigenvalue weighted by Crippen LogP contribution is 2.40. The molecule has 0 radical (unpaired) electrons. The number of piperidine rings is 7. The molecule has 8 saturated heterocycles. The van der Waals surface area contributed by atoms with Crippen molar-refractivity contribution in [3.05, 3.63) is 137 Å². The number of aliphatic hydroxyl groups excluding tert-OH is 3. The summed E-state index contributed by atoms with van der Waals surface area (Å²) < 4.78 is 10.4. The van der Waals surface area contributed by atoms with Gasteiger partial charge in [-0.05, 0) is 383 Å². The number of imide groups is 1. The van der Waals surface area contributed by atoms with E-state index in [0.29, 0.717) is 112 Å². The third-order valence-corrected chi connectivity index (χ3v) is 26.6. The first-order chi connectivity index (χ1) is 64.6. The molecule has 4 atom stereocenters. The molecule has 8 heterocycles. The third kappa shape index (κ3) is 51.8. The third-order valence-electron chi connectivity index (χ3n) is 26.6. The largest absolute Gasteiger partial charge is 0.466 e. The van der Waals surface area contributed by atoms with E-state index in [0.717, 1.165) is 94.0 Å². The van der Waals surface area contributed by atoms with Crippen LogP contribution in [-0.4, -0.2) is 210 Å². The van der Waals surface area contributed by atoms with Crippen LogP contribution in [0.4, 0.5) is 5.69 Å². The van der Waals surface area contributed by atoms with Gasteiger partial charge in [-0.2, -0.15) is 0 Å². The number of nitrogens with one attached hydrogen (secondary N) is 10. The number of carbonyl (C=O) groups is 5. The van der Waals surface area contributed by atoms with Crippen LogP contribution >= 0.6 is 0 Å². The van der Waals surface area contributed by atoms with Crippen LogP contribution in [0.5, 0.6) is 0 Å². The van der Waals surface area contributed by atoms with Gasteiger partial charge in [0.15, 0.2) is 5.78 Å². The van der Waals surface area contributed by atoms with Gasteiger partial charge in [-0.3, -0.25) is 28.9 Å². The second-order valence-electron chi connectivity index (χ2n) is 52.3. The van der Waals surface area contributed by atoms with Crippen molar-refractivity contribution in [1.29, 1.82) is 0 Å². The van der Waals surface area contributed by atoms with Crippen molar-refractivity contribution >= 4 is 35.2 Å². The average Bonchev–Trinajstić information content (AvgIpc) is 1.72. The smallest absolute Gasteiger partial charge is 0.302 e. The van der Waals surface area contributed by atoms with E-state index in [1.54, 1.807) is 19.1 Å². The lowest BCUT2D eigenvalue weighted by atomic mass is 9.75. The van der Waals surface area contributed by atoms with E-state index in [-0.39, 0.29) is 131 Å². The summed E-state index contributed by atoms with van der Waals surface area (Å²) >= 11 is 0. The predicted molar refractivity (Wildman–Crippen MR) is 577 cm³/mol. The summed E-state index contributed by atoms with van der Waals surface area (Å²) in [5.41, 5.74) is 9.06.